The molecule has 2 aliphatic heterocycles. The van der Waals surface area contributed by atoms with Crippen LogP contribution < -0.4 is 0 Å². The Balaban J connectivity index is 1.17. The second kappa shape index (κ2) is 8.96. The van der Waals surface area contributed by atoms with Crippen molar-refractivity contribution in [3.63, 3.8) is 0 Å². The van der Waals surface area contributed by atoms with Gasteiger partial charge in [-0.15, -0.1) is 0 Å². The molecule has 7 heteroatoms. The standard InChI is InChI=1S/C28H29N3O4/c32-27(31-12-4-7-21(17-31)19-5-2-1-3-6-19)25-24-11-9-20-13-18(8-10-23(20)26(24)35-29-25)14-30-15-22(16-30)28(33)34/h1-3,5-6,8,10,13,21-22H,4,7,9,11-12,14-17H2,(H,33,34). The number of carboxylic acids is 1. The molecule has 3 aromatic rings. The van der Waals surface area contributed by atoms with Gasteiger partial charge in [0.15, 0.2) is 11.5 Å². The van der Waals surface area contributed by atoms with Gasteiger partial charge in [-0.25, -0.2) is 0 Å². The predicted octanol–water partition coefficient (Wildman–Crippen LogP) is 3.98. The normalized spacial score (nSPS) is 20.1. The molecule has 1 amide bonds. The minimum absolute atomic E-state index is 0.0264. The van der Waals surface area contributed by atoms with Crippen LogP contribution in [0.1, 0.15) is 51.5 Å². The van der Waals surface area contributed by atoms with Crippen molar-refractivity contribution >= 4 is 11.9 Å². The molecule has 6 rings (SSSR count). The van der Waals surface area contributed by atoms with Crippen LogP contribution in [0.5, 0.6) is 0 Å². The summed E-state index contributed by atoms with van der Waals surface area (Å²) in [6.45, 7) is 3.42. The predicted molar refractivity (Wildman–Crippen MR) is 130 cm³/mol. The minimum atomic E-state index is -0.713. The van der Waals surface area contributed by atoms with E-state index in [2.05, 4.69) is 52.5 Å². The van der Waals surface area contributed by atoms with Crippen molar-refractivity contribution in [2.75, 3.05) is 26.2 Å². The molecule has 0 spiro atoms. The number of piperidine rings is 1. The van der Waals surface area contributed by atoms with Gasteiger partial charge in [0.25, 0.3) is 5.91 Å². The molecule has 1 atom stereocenters. The van der Waals surface area contributed by atoms with Gasteiger partial charge in [-0.3, -0.25) is 14.5 Å². The summed E-state index contributed by atoms with van der Waals surface area (Å²) in [6.07, 6.45) is 3.65. The molecular weight excluding hydrogens is 442 g/mol. The van der Waals surface area contributed by atoms with Crippen molar-refractivity contribution in [3.8, 4) is 11.3 Å². The van der Waals surface area contributed by atoms with E-state index < -0.39 is 5.97 Å². The van der Waals surface area contributed by atoms with E-state index >= 15 is 0 Å². The molecule has 180 valence electrons. The molecule has 3 aliphatic rings. The number of aliphatic carboxylic acids is 1. The highest BCUT2D eigenvalue weighted by Gasteiger charge is 2.34. The quantitative estimate of drug-likeness (QED) is 0.606. The fourth-order valence-corrected chi connectivity index (χ4v) is 5.78. The number of aromatic nitrogens is 1. The molecule has 7 nitrogen and oxygen atoms in total. The van der Waals surface area contributed by atoms with Crippen LogP contribution in [-0.4, -0.2) is 58.1 Å². The number of nitrogens with zero attached hydrogens (tertiary/aromatic N) is 3. The third kappa shape index (κ3) is 4.14. The first kappa shape index (κ1) is 22.0. The van der Waals surface area contributed by atoms with E-state index in [1.54, 1.807) is 0 Å². The van der Waals surface area contributed by atoms with E-state index in [0.29, 0.717) is 37.0 Å². The lowest BCUT2D eigenvalue weighted by atomic mass is 9.87. The first-order valence-electron chi connectivity index (χ1n) is 12.5. The molecule has 1 aliphatic carbocycles. The minimum Gasteiger partial charge on any atom is -0.481 e. The Hall–Kier alpha value is -3.45. The Bertz CT molecular complexity index is 1260. The number of hydrogen-bond acceptors (Lipinski definition) is 5. The second-order valence-electron chi connectivity index (χ2n) is 10.1. The fraction of sp³-hybridized carbons (Fsp3) is 0.393. The maximum absolute atomic E-state index is 13.5. The number of benzene rings is 2. The third-order valence-electron chi connectivity index (χ3n) is 7.74. The summed E-state index contributed by atoms with van der Waals surface area (Å²) in [7, 11) is 0. The van der Waals surface area contributed by atoms with Gasteiger partial charge < -0.3 is 14.5 Å². The van der Waals surface area contributed by atoms with Crippen LogP contribution in [0.2, 0.25) is 0 Å². The van der Waals surface area contributed by atoms with Gasteiger partial charge in [-0.1, -0.05) is 53.7 Å². The van der Waals surface area contributed by atoms with Crippen LogP contribution in [0.15, 0.2) is 53.1 Å². The molecule has 35 heavy (non-hydrogen) atoms. The van der Waals surface area contributed by atoms with Crippen molar-refractivity contribution in [2.45, 2.75) is 38.1 Å². The van der Waals surface area contributed by atoms with Crippen LogP contribution in [0.4, 0.5) is 0 Å². The number of carbonyl (C=O) groups excluding carboxylic acids is 1. The number of aryl methyl sites for hydroxylation is 1. The Morgan fingerprint density at radius 3 is 2.69 bits per heavy atom. The molecule has 1 aromatic heterocycles. The van der Waals surface area contributed by atoms with Crippen molar-refractivity contribution in [1.29, 1.82) is 0 Å². The van der Waals surface area contributed by atoms with Gasteiger partial charge in [0.1, 0.15) is 0 Å². The van der Waals surface area contributed by atoms with Crippen LogP contribution >= 0.6 is 0 Å². The summed E-state index contributed by atoms with van der Waals surface area (Å²) >= 11 is 0. The van der Waals surface area contributed by atoms with Crippen LogP contribution in [-0.2, 0) is 24.2 Å². The number of hydrogen-bond donors (Lipinski definition) is 1. The van der Waals surface area contributed by atoms with E-state index in [-0.39, 0.29) is 11.8 Å². The van der Waals surface area contributed by atoms with Gasteiger partial charge in [0.05, 0.1) is 5.92 Å². The van der Waals surface area contributed by atoms with E-state index in [4.69, 9.17) is 9.63 Å². The van der Waals surface area contributed by atoms with E-state index in [9.17, 15) is 9.59 Å². The number of carbonyl (C=O) groups is 2. The first-order chi connectivity index (χ1) is 17.1. The van der Waals surface area contributed by atoms with E-state index in [0.717, 1.165) is 49.9 Å². The van der Waals surface area contributed by atoms with Gasteiger partial charge >= 0.3 is 5.97 Å². The number of rotatable bonds is 5. The summed E-state index contributed by atoms with van der Waals surface area (Å²) in [4.78, 5) is 28.6. The van der Waals surface area contributed by atoms with Gasteiger partial charge in [-0.05, 0) is 42.4 Å². The molecule has 0 saturated carbocycles. The number of amides is 1. The smallest absolute Gasteiger partial charge is 0.309 e. The van der Waals surface area contributed by atoms with Crippen molar-refractivity contribution < 1.29 is 19.2 Å². The topological polar surface area (TPSA) is 86.9 Å². The van der Waals surface area contributed by atoms with Crippen molar-refractivity contribution in [3.05, 3.63) is 76.5 Å². The average Bonchev–Trinajstić information content (AvgIpc) is 3.30. The van der Waals surface area contributed by atoms with Gasteiger partial charge in [-0.2, -0.15) is 0 Å². The second-order valence-corrected chi connectivity index (χ2v) is 10.1. The summed E-state index contributed by atoms with van der Waals surface area (Å²) in [5.41, 5.74) is 6.05. The number of likely N-dealkylation sites (tertiary alicyclic amines) is 2. The van der Waals surface area contributed by atoms with Gasteiger partial charge in [0, 0.05) is 49.8 Å². The summed E-state index contributed by atoms with van der Waals surface area (Å²) in [6, 6.07) is 16.8. The maximum atomic E-state index is 13.5. The zero-order valence-electron chi connectivity index (χ0n) is 19.7. The molecule has 0 bridgehead atoms. The molecule has 2 saturated heterocycles. The highest BCUT2D eigenvalue weighted by Crippen LogP contribution is 2.37. The molecule has 1 unspecified atom stereocenters. The highest BCUT2D eigenvalue weighted by molar-refractivity contribution is 5.95. The van der Waals surface area contributed by atoms with Crippen molar-refractivity contribution in [2.24, 2.45) is 5.92 Å². The van der Waals surface area contributed by atoms with E-state index in [1.807, 2.05) is 11.0 Å². The molecule has 2 fully saturated rings. The number of fused-ring (bicyclic) bond motifs is 3. The third-order valence-corrected chi connectivity index (χ3v) is 7.74. The SMILES string of the molecule is O=C(O)C1CN(Cc2ccc3c(c2)CCc2c(C(=O)N4CCCC(c5ccccc5)C4)noc2-3)C1. The zero-order valence-corrected chi connectivity index (χ0v) is 19.7. The molecule has 2 aromatic carbocycles. The van der Waals surface area contributed by atoms with Crippen LogP contribution in [0, 0.1) is 5.92 Å². The molecule has 3 heterocycles. The lowest BCUT2D eigenvalue weighted by Gasteiger charge is -2.36. The van der Waals surface area contributed by atoms with Gasteiger partial charge in [0.2, 0.25) is 0 Å². The summed E-state index contributed by atoms with van der Waals surface area (Å²) in [5.74, 6) is 0.0836. The fourth-order valence-electron chi connectivity index (χ4n) is 5.78. The maximum Gasteiger partial charge on any atom is 0.309 e. The lowest BCUT2D eigenvalue weighted by Crippen LogP contribution is -2.49. The Labute approximate surface area is 204 Å². The molecule has 1 N–H and O–H groups in total. The average molecular weight is 472 g/mol. The molecule has 0 radical (unpaired) electrons. The lowest BCUT2D eigenvalue weighted by molar-refractivity contribution is -0.147. The largest absolute Gasteiger partial charge is 0.481 e. The monoisotopic (exact) mass is 471 g/mol. The van der Waals surface area contributed by atoms with Crippen LogP contribution in [0.25, 0.3) is 11.3 Å². The Kier molecular flexibility index (Phi) is 5.65. The first-order valence-corrected chi connectivity index (χ1v) is 12.5. The molecular formula is C28H29N3O4. The zero-order chi connectivity index (χ0) is 23.9. The van der Waals surface area contributed by atoms with E-state index in [1.165, 1.54) is 16.7 Å². The Morgan fingerprint density at radius 2 is 1.89 bits per heavy atom. The Morgan fingerprint density at radius 1 is 1.06 bits per heavy atom. The van der Waals surface area contributed by atoms with Crippen molar-refractivity contribution in [1.82, 2.24) is 15.0 Å². The van der Waals surface area contributed by atoms with Crippen LogP contribution in [0.3, 0.4) is 0 Å². The summed E-state index contributed by atoms with van der Waals surface area (Å²) < 4.78 is 5.76. The number of carboxylic acid groups (broad SMARTS) is 1. The summed E-state index contributed by atoms with van der Waals surface area (Å²) in [5, 5.41) is 13.3. The highest BCUT2D eigenvalue weighted by atomic mass is 16.5.